The molecule has 1 fully saturated rings. The standard InChI is InChI=1S/C19H20FN3O2/c1-13-10-23-17(9-21-18(23)15-5-3-7-25-12-15)19(24)22(13)11-14-4-2-6-16(20)8-14/h2,4,6,8-10,15H,3,5,7,11-12H2,1H3. The lowest BCUT2D eigenvalue weighted by molar-refractivity contribution is 0.0779. The highest BCUT2D eigenvalue weighted by atomic mass is 19.1. The molecule has 1 atom stereocenters. The normalized spacial score (nSPS) is 17.9. The van der Waals surface area contributed by atoms with Crippen LogP contribution in [-0.2, 0) is 11.3 Å². The van der Waals surface area contributed by atoms with E-state index in [0.29, 0.717) is 18.7 Å². The molecule has 0 bridgehead atoms. The van der Waals surface area contributed by atoms with Gasteiger partial charge in [0.05, 0.1) is 19.3 Å². The number of rotatable bonds is 3. The van der Waals surface area contributed by atoms with E-state index in [2.05, 4.69) is 4.98 Å². The molecule has 5 nitrogen and oxygen atoms in total. The highest BCUT2D eigenvalue weighted by molar-refractivity contribution is 5.45. The first-order chi connectivity index (χ1) is 12.1. The minimum atomic E-state index is -0.298. The number of aromatic nitrogens is 3. The minimum Gasteiger partial charge on any atom is -0.381 e. The van der Waals surface area contributed by atoms with Gasteiger partial charge in [0.15, 0.2) is 0 Å². The molecule has 0 radical (unpaired) electrons. The molecule has 0 N–H and O–H groups in total. The summed E-state index contributed by atoms with van der Waals surface area (Å²) < 4.78 is 22.5. The van der Waals surface area contributed by atoms with Crippen LogP contribution in [-0.4, -0.2) is 27.2 Å². The predicted molar refractivity (Wildman–Crippen MR) is 92.5 cm³/mol. The Morgan fingerprint density at radius 3 is 3.04 bits per heavy atom. The lowest BCUT2D eigenvalue weighted by Crippen LogP contribution is -2.26. The Morgan fingerprint density at radius 1 is 1.40 bits per heavy atom. The Morgan fingerprint density at radius 2 is 2.28 bits per heavy atom. The van der Waals surface area contributed by atoms with Crippen molar-refractivity contribution in [2.24, 2.45) is 0 Å². The molecule has 1 aliphatic rings. The highest BCUT2D eigenvalue weighted by Gasteiger charge is 2.22. The number of aryl methyl sites for hydroxylation is 1. The van der Waals surface area contributed by atoms with Gasteiger partial charge in [0, 0.05) is 24.4 Å². The number of hydrogen-bond donors (Lipinski definition) is 0. The zero-order valence-electron chi connectivity index (χ0n) is 14.1. The molecule has 0 saturated carbocycles. The van der Waals surface area contributed by atoms with Crippen LogP contribution in [0.25, 0.3) is 5.52 Å². The van der Waals surface area contributed by atoms with Gasteiger partial charge in [0.2, 0.25) is 0 Å². The number of fused-ring (bicyclic) bond motifs is 1. The molecule has 1 saturated heterocycles. The summed E-state index contributed by atoms with van der Waals surface area (Å²) in [5.41, 5.74) is 2.01. The number of hydrogen-bond acceptors (Lipinski definition) is 3. The van der Waals surface area contributed by atoms with Gasteiger partial charge in [-0.05, 0) is 37.5 Å². The van der Waals surface area contributed by atoms with Crippen LogP contribution in [0.5, 0.6) is 0 Å². The van der Waals surface area contributed by atoms with E-state index in [1.165, 1.54) is 12.1 Å². The molecule has 3 aromatic rings. The first kappa shape index (κ1) is 16.0. The van der Waals surface area contributed by atoms with Crippen LogP contribution in [0.15, 0.2) is 41.5 Å². The van der Waals surface area contributed by atoms with Gasteiger partial charge in [-0.2, -0.15) is 0 Å². The molecule has 0 spiro atoms. The number of benzene rings is 1. The van der Waals surface area contributed by atoms with Gasteiger partial charge in [0.1, 0.15) is 17.2 Å². The minimum absolute atomic E-state index is 0.111. The maximum atomic E-state index is 13.4. The van der Waals surface area contributed by atoms with Gasteiger partial charge in [-0.3, -0.25) is 9.20 Å². The fourth-order valence-corrected chi connectivity index (χ4v) is 3.48. The topological polar surface area (TPSA) is 48.5 Å². The molecule has 130 valence electrons. The summed E-state index contributed by atoms with van der Waals surface area (Å²) in [7, 11) is 0. The van der Waals surface area contributed by atoms with Gasteiger partial charge < -0.3 is 9.30 Å². The maximum Gasteiger partial charge on any atom is 0.276 e. The number of imidazole rings is 1. The van der Waals surface area contributed by atoms with Crippen molar-refractivity contribution in [3.8, 4) is 0 Å². The zero-order chi connectivity index (χ0) is 17.4. The van der Waals surface area contributed by atoms with Crippen molar-refractivity contribution in [2.45, 2.75) is 32.2 Å². The predicted octanol–water partition coefficient (Wildman–Crippen LogP) is 2.89. The van der Waals surface area contributed by atoms with E-state index in [-0.39, 0.29) is 17.3 Å². The fourth-order valence-electron chi connectivity index (χ4n) is 3.48. The first-order valence-corrected chi connectivity index (χ1v) is 8.53. The molecule has 0 amide bonds. The SMILES string of the molecule is Cc1cn2c(C3CCCOC3)ncc2c(=O)n1Cc1cccc(F)c1. The lowest BCUT2D eigenvalue weighted by Gasteiger charge is -2.21. The number of ether oxygens (including phenoxy) is 1. The smallest absolute Gasteiger partial charge is 0.276 e. The number of nitrogens with zero attached hydrogens (tertiary/aromatic N) is 3. The summed E-state index contributed by atoms with van der Waals surface area (Å²) in [5, 5.41) is 0. The second kappa shape index (κ2) is 6.44. The summed E-state index contributed by atoms with van der Waals surface area (Å²) in [5.74, 6) is 0.801. The molecule has 1 aromatic carbocycles. The molecule has 1 unspecified atom stereocenters. The van der Waals surface area contributed by atoms with Crippen molar-refractivity contribution in [1.29, 1.82) is 0 Å². The van der Waals surface area contributed by atoms with Crippen molar-refractivity contribution in [1.82, 2.24) is 14.0 Å². The van der Waals surface area contributed by atoms with E-state index in [1.54, 1.807) is 16.8 Å². The molecule has 2 aromatic heterocycles. The fraction of sp³-hybridized carbons (Fsp3) is 0.368. The van der Waals surface area contributed by atoms with Gasteiger partial charge >= 0.3 is 0 Å². The largest absolute Gasteiger partial charge is 0.381 e. The Labute approximate surface area is 144 Å². The summed E-state index contributed by atoms with van der Waals surface area (Å²) in [6.45, 7) is 3.66. The van der Waals surface area contributed by atoms with E-state index < -0.39 is 0 Å². The molecular weight excluding hydrogens is 321 g/mol. The zero-order valence-corrected chi connectivity index (χ0v) is 14.1. The van der Waals surface area contributed by atoms with Crippen molar-refractivity contribution in [3.05, 3.63) is 69.9 Å². The number of halogens is 1. The summed E-state index contributed by atoms with van der Waals surface area (Å²) in [6, 6.07) is 6.33. The van der Waals surface area contributed by atoms with Crippen LogP contribution in [0.3, 0.4) is 0 Å². The summed E-state index contributed by atoms with van der Waals surface area (Å²) in [6.07, 6.45) is 5.60. The van der Waals surface area contributed by atoms with Crippen LogP contribution in [0.1, 0.15) is 35.8 Å². The third-order valence-corrected chi connectivity index (χ3v) is 4.79. The maximum absolute atomic E-state index is 13.4. The molecule has 0 aliphatic carbocycles. The Balaban J connectivity index is 1.76. The molecular formula is C19H20FN3O2. The molecule has 6 heteroatoms. The average Bonchev–Trinajstić information content (AvgIpc) is 3.03. The average molecular weight is 341 g/mol. The second-order valence-corrected chi connectivity index (χ2v) is 6.58. The molecule has 1 aliphatic heterocycles. The van der Waals surface area contributed by atoms with Crippen molar-refractivity contribution in [3.63, 3.8) is 0 Å². The van der Waals surface area contributed by atoms with Crippen LogP contribution < -0.4 is 5.56 Å². The van der Waals surface area contributed by atoms with Crippen LogP contribution in [0.4, 0.5) is 4.39 Å². The van der Waals surface area contributed by atoms with Gasteiger partial charge in [-0.1, -0.05) is 12.1 Å². The van der Waals surface area contributed by atoms with Gasteiger partial charge in [-0.15, -0.1) is 0 Å². The quantitative estimate of drug-likeness (QED) is 0.736. The first-order valence-electron chi connectivity index (χ1n) is 8.53. The summed E-state index contributed by atoms with van der Waals surface area (Å²) >= 11 is 0. The van der Waals surface area contributed by atoms with E-state index in [1.807, 2.05) is 23.6 Å². The monoisotopic (exact) mass is 341 g/mol. The van der Waals surface area contributed by atoms with Crippen LogP contribution in [0, 0.1) is 12.7 Å². The van der Waals surface area contributed by atoms with Gasteiger partial charge in [-0.25, -0.2) is 9.37 Å². The van der Waals surface area contributed by atoms with E-state index >= 15 is 0 Å². The van der Waals surface area contributed by atoms with Crippen LogP contribution >= 0.6 is 0 Å². The Kier molecular flexibility index (Phi) is 4.13. The Bertz CT molecular complexity index is 970. The van der Waals surface area contributed by atoms with Gasteiger partial charge in [0.25, 0.3) is 5.56 Å². The van der Waals surface area contributed by atoms with E-state index in [4.69, 9.17) is 4.74 Å². The highest BCUT2D eigenvalue weighted by Crippen LogP contribution is 2.24. The van der Waals surface area contributed by atoms with Crippen molar-refractivity contribution >= 4 is 5.52 Å². The molecule has 25 heavy (non-hydrogen) atoms. The van der Waals surface area contributed by atoms with Crippen molar-refractivity contribution in [2.75, 3.05) is 13.2 Å². The lowest BCUT2D eigenvalue weighted by atomic mass is 10.0. The third-order valence-electron chi connectivity index (χ3n) is 4.79. The van der Waals surface area contributed by atoms with Crippen molar-refractivity contribution < 1.29 is 9.13 Å². The molecule has 4 rings (SSSR count). The summed E-state index contributed by atoms with van der Waals surface area (Å²) in [4.78, 5) is 17.4. The van der Waals surface area contributed by atoms with E-state index in [0.717, 1.165) is 36.5 Å². The second-order valence-electron chi connectivity index (χ2n) is 6.58. The molecule has 3 heterocycles. The van der Waals surface area contributed by atoms with E-state index in [9.17, 15) is 9.18 Å². The van der Waals surface area contributed by atoms with Crippen LogP contribution in [0.2, 0.25) is 0 Å². The Hall–Kier alpha value is -2.47. The third kappa shape index (κ3) is 2.98.